The predicted octanol–water partition coefficient (Wildman–Crippen LogP) is 3.11. The van der Waals surface area contributed by atoms with Gasteiger partial charge in [-0.25, -0.2) is 0 Å². The van der Waals surface area contributed by atoms with Crippen LogP contribution in [-0.4, -0.2) is 34.5 Å². The molecule has 0 unspecified atom stereocenters. The molecule has 3 aromatic rings. The first-order valence-corrected chi connectivity index (χ1v) is 9.00. The summed E-state index contributed by atoms with van der Waals surface area (Å²) in [5, 5.41) is 1.19. The molecule has 0 radical (unpaired) electrons. The maximum Gasteiger partial charge on any atom is 0.298 e. The van der Waals surface area contributed by atoms with Crippen LogP contribution in [0, 0.1) is 6.92 Å². The Morgan fingerprint density at radius 2 is 2.15 bits per heavy atom. The number of likely N-dealkylation sites (N-methyl/N-ethyl adjacent to an activating group) is 1. The van der Waals surface area contributed by atoms with Gasteiger partial charge in [0.2, 0.25) is 0 Å². The van der Waals surface area contributed by atoms with Crippen molar-refractivity contribution in [2.75, 3.05) is 13.6 Å². The molecule has 4 rings (SSSR count). The molecular formula is C21H23N3O2. The SMILES string of the molecule is Cc1ccc(CCn2c3c(c4cc(OC=O)ccc42)CN(C)CC3)cn1. The molecular weight excluding hydrogens is 326 g/mol. The summed E-state index contributed by atoms with van der Waals surface area (Å²) in [7, 11) is 2.15. The van der Waals surface area contributed by atoms with E-state index >= 15 is 0 Å². The largest absolute Gasteiger partial charge is 0.429 e. The molecule has 0 fully saturated rings. The highest BCUT2D eigenvalue weighted by Crippen LogP contribution is 2.33. The third-order valence-corrected chi connectivity index (χ3v) is 5.20. The van der Waals surface area contributed by atoms with Gasteiger partial charge >= 0.3 is 0 Å². The minimum atomic E-state index is 0.487. The van der Waals surface area contributed by atoms with Crippen molar-refractivity contribution < 1.29 is 9.53 Å². The summed E-state index contributed by atoms with van der Waals surface area (Å²) in [5.41, 5.74) is 6.26. The number of ether oxygens (including phenoxy) is 1. The van der Waals surface area contributed by atoms with Gasteiger partial charge in [0.25, 0.3) is 6.47 Å². The van der Waals surface area contributed by atoms with E-state index in [1.165, 1.54) is 27.7 Å². The van der Waals surface area contributed by atoms with Gasteiger partial charge in [0.1, 0.15) is 5.75 Å². The smallest absolute Gasteiger partial charge is 0.298 e. The van der Waals surface area contributed by atoms with Gasteiger partial charge in [0.15, 0.2) is 0 Å². The maximum atomic E-state index is 10.7. The zero-order valence-corrected chi connectivity index (χ0v) is 15.2. The molecule has 5 heteroatoms. The zero-order chi connectivity index (χ0) is 18.1. The Labute approximate surface area is 153 Å². The molecule has 0 amide bonds. The van der Waals surface area contributed by atoms with Crippen LogP contribution in [-0.2, 0) is 30.7 Å². The normalized spacial score (nSPS) is 14.4. The lowest BCUT2D eigenvalue weighted by atomic mass is 10.0. The van der Waals surface area contributed by atoms with E-state index in [2.05, 4.69) is 39.7 Å². The molecule has 0 N–H and O–H groups in total. The van der Waals surface area contributed by atoms with Crippen LogP contribution in [0.25, 0.3) is 10.9 Å². The topological polar surface area (TPSA) is 47.4 Å². The Bertz CT molecular complexity index is 944. The highest BCUT2D eigenvalue weighted by atomic mass is 16.5. The van der Waals surface area contributed by atoms with E-state index in [4.69, 9.17) is 4.74 Å². The molecule has 0 atom stereocenters. The molecule has 1 aliphatic rings. The van der Waals surface area contributed by atoms with E-state index in [0.717, 1.165) is 38.2 Å². The molecule has 3 heterocycles. The fraction of sp³-hybridized carbons (Fsp3) is 0.333. The van der Waals surface area contributed by atoms with Gasteiger partial charge in [0, 0.05) is 54.5 Å². The van der Waals surface area contributed by atoms with Gasteiger partial charge in [-0.3, -0.25) is 9.78 Å². The Hall–Kier alpha value is -2.66. The summed E-state index contributed by atoms with van der Waals surface area (Å²) < 4.78 is 7.50. The van der Waals surface area contributed by atoms with Gasteiger partial charge in [-0.05, 0) is 55.8 Å². The number of aryl methyl sites for hydroxylation is 3. The van der Waals surface area contributed by atoms with Crippen molar-refractivity contribution >= 4 is 17.4 Å². The average Bonchev–Trinajstić information content (AvgIpc) is 2.94. The van der Waals surface area contributed by atoms with E-state index in [0.29, 0.717) is 12.2 Å². The monoisotopic (exact) mass is 349 g/mol. The second kappa shape index (κ2) is 6.92. The lowest BCUT2D eigenvalue weighted by molar-refractivity contribution is -0.120. The van der Waals surface area contributed by atoms with Crippen LogP contribution >= 0.6 is 0 Å². The van der Waals surface area contributed by atoms with Gasteiger partial charge in [-0.2, -0.15) is 0 Å². The van der Waals surface area contributed by atoms with Crippen LogP contribution in [0.4, 0.5) is 0 Å². The van der Waals surface area contributed by atoms with Crippen molar-refractivity contribution in [3.8, 4) is 5.75 Å². The molecule has 1 aliphatic heterocycles. The van der Waals surface area contributed by atoms with E-state index in [1.807, 2.05) is 25.3 Å². The highest BCUT2D eigenvalue weighted by molar-refractivity contribution is 5.87. The summed E-state index contributed by atoms with van der Waals surface area (Å²) in [6.45, 7) is 5.41. The molecule has 0 saturated heterocycles. The molecule has 134 valence electrons. The first kappa shape index (κ1) is 16.8. The van der Waals surface area contributed by atoms with Crippen molar-refractivity contribution in [1.82, 2.24) is 14.5 Å². The molecule has 0 saturated carbocycles. The van der Waals surface area contributed by atoms with Crippen LogP contribution in [0.5, 0.6) is 5.75 Å². The third-order valence-electron chi connectivity index (χ3n) is 5.20. The number of aromatic nitrogens is 2. The average molecular weight is 349 g/mol. The van der Waals surface area contributed by atoms with E-state index < -0.39 is 0 Å². The van der Waals surface area contributed by atoms with Gasteiger partial charge < -0.3 is 14.2 Å². The Kier molecular flexibility index (Phi) is 4.47. The molecule has 0 spiro atoms. The predicted molar refractivity (Wildman–Crippen MR) is 101 cm³/mol. The van der Waals surface area contributed by atoms with Crippen molar-refractivity contribution in [1.29, 1.82) is 0 Å². The van der Waals surface area contributed by atoms with E-state index in [9.17, 15) is 4.79 Å². The number of hydrogen-bond acceptors (Lipinski definition) is 4. The number of rotatable bonds is 5. The highest BCUT2D eigenvalue weighted by Gasteiger charge is 2.22. The summed E-state index contributed by atoms with van der Waals surface area (Å²) in [5.74, 6) is 0.600. The van der Waals surface area contributed by atoms with Gasteiger partial charge in [-0.1, -0.05) is 6.07 Å². The second-order valence-electron chi connectivity index (χ2n) is 7.02. The Morgan fingerprint density at radius 3 is 2.92 bits per heavy atom. The number of benzene rings is 1. The lowest BCUT2D eigenvalue weighted by Gasteiger charge is -2.24. The minimum Gasteiger partial charge on any atom is -0.429 e. The summed E-state index contributed by atoms with van der Waals surface area (Å²) in [6, 6.07) is 10.2. The maximum absolute atomic E-state index is 10.7. The van der Waals surface area contributed by atoms with Crippen LogP contribution < -0.4 is 4.74 Å². The van der Waals surface area contributed by atoms with Crippen LogP contribution in [0.3, 0.4) is 0 Å². The van der Waals surface area contributed by atoms with Crippen molar-refractivity contribution in [3.05, 3.63) is 59.0 Å². The molecule has 26 heavy (non-hydrogen) atoms. The fourth-order valence-corrected chi connectivity index (χ4v) is 3.84. The zero-order valence-electron chi connectivity index (χ0n) is 15.2. The Balaban J connectivity index is 1.73. The quantitative estimate of drug-likeness (QED) is 0.664. The van der Waals surface area contributed by atoms with Crippen LogP contribution in [0.1, 0.15) is 22.5 Å². The summed E-state index contributed by atoms with van der Waals surface area (Å²) >= 11 is 0. The number of nitrogens with zero attached hydrogens (tertiary/aromatic N) is 3. The fourth-order valence-electron chi connectivity index (χ4n) is 3.84. The van der Waals surface area contributed by atoms with E-state index in [1.54, 1.807) is 0 Å². The standard InChI is InChI=1S/C21H23N3O2/c1-15-3-4-16(12-22-15)7-10-24-20-6-5-17(26-14-25)11-18(20)19-13-23(2)9-8-21(19)24/h3-6,11-12,14H,7-10,13H2,1-2H3. The molecule has 1 aromatic carbocycles. The number of carbonyl (C=O) groups is 1. The summed E-state index contributed by atoms with van der Waals surface area (Å²) in [6.07, 6.45) is 3.96. The van der Waals surface area contributed by atoms with Gasteiger partial charge in [-0.15, -0.1) is 0 Å². The number of fused-ring (bicyclic) bond motifs is 3. The first-order valence-electron chi connectivity index (χ1n) is 9.00. The summed E-state index contributed by atoms with van der Waals surface area (Å²) in [4.78, 5) is 17.4. The lowest BCUT2D eigenvalue weighted by Crippen LogP contribution is -2.27. The number of hydrogen-bond donors (Lipinski definition) is 0. The van der Waals surface area contributed by atoms with Crippen molar-refractivity contribution in [3.63, 3.8) is 0 Å². The molecule has 2 aromatic heterocycles. The number of carbonyl (C=O) groups excluding carboxylic acids is 1. The van der Waals surface area contributed by atoms with Crippen molar-refractivity contribution in [2.45, 2.75) is 32.9 Å². The Morgan fingerprint density at radius 1 is 1.27 bits per heavy atom. The number of pyridine rings is 1. The van der Waals surface area contributed by atoms with Crippen LogP contribution in [0.15, 0.2) is 36.5 Å². The van der Waals surface area contributed by atoms with Crippen LogP contribution in [0.2, 0.25) is 0 Å². The first-order chi connectivity index (χ1) is 12.7. The van der Waals surface area contributed by atoms with Gasteiger partial charge in [0.05, 0.1) is 0 Å². The molecule has 5 nitrogen and oxygen atoms in total. The van der Waals surface area contributed by atoms with Crippen molar-refractivity contribution in [2.24, 2.45) is 0 Å². The third kappa shape index (κ3) is 3.10. The minimum absolute atomic E-state index is 0.487. The second-order valence-corrected chi connectivity index (χ2v) is 7.02. The molecule has 0 bridgehead atoms. The molecule has 0 aliphatic carbocycles. The van der Waals surface area contributed by atoms with E-state index in [-0.39, 0.29) is 0 Å².